The van der Waals surface area contributed by atoms with Crippen LogP contribution in [0, 0.1) is 6.92 Å². The second kappa shape index (κ2) is 5.39. The van der Waals surface area contributed by atoms with Crippen molar-refractivity contribution in [3.05, 3.63) is 41.6 Å². The minimum atomic E-state index is -3.78. The molecule has 2 N–H and O–H groups in total. The van der Waals surface area contributed by atoms with Crippen molar-refractivity contribution in [2.45, 2.75) is 18.4 Å². The van der Waals surface area contributed by atoms with Gasteiger partial charge >= 0.3 is 5.97 Å². The van der Waals surface area contributed by atoms with E-state index >= 15 is 0 Å². The van der Waals surface area contributed by atoms with Crippen LogP contribution in [0.25, 0.3) is 0 Å². The van der Waals surface area contributed by atoms with Crippen LogP contribution >= 0.6 is 0 Å². The molecule has 1 aromatic carbocycles. The van der Waals surface area contributed by atoms with E-state index in [4.69, 9.17) is 14.3 Å². The molecule has 106 valence electrons. The summed E-state index contributed by atoms with van der Waals surface area (Å²) in [6.45, 7) is 1.46. The summed E-state index contributed by atoms with van der Waals surface area (Å²) in [4.78, 5) is 11.6. The maximum Gasteiger partial charge on any atom is 0.338 e. The second-order valence-corrected chi connectivity index (χ2v) is 5.42. The highest BCUT2D eigenvalue weighted by Gasteiger charge is 2.12. The minimum Gasteiger partial charge on any atom is -0.452 e. The molecule has 0 atom stereocenters. The molecule has 0 saturated heterocycles. The number of sulfonamides is 1. The molecule has 0 radical (unpaired) electrons. The normalized spacial score (nSPS) is 11.3. The first-order valence-corrected chi connectivity index (χ1v) is 7.00. The first kappa shape index (κ1) is 14.2. The molecule has 9 heteroatoms. The standard InChI is InChI=1S/C11H11N3O5S/c1-7-13-14-10(19-7)6-18-11(15)8-2-4-9(5-3-8)20(12,16)17/h2-5H,6H2,1H3,(H2,12,16,17). The average Bonchev–Trinajstić information content (AvgIpc) is 2.81. The first-order valence-electron chi connectivity index (χ1n) is 5.45. The number of rotatable bonds is 4. The zero-order valence-electron chi connectivity index (χ0n) is 10.4. The monoisotopic (exact) mass is 297 g/mol. The van der Waals surface area contributed by atoms with Gasteiger partial charge in [0.25, 0.3) is 5.89 Å². The highest BCUT2D eigenvalue weighted by atomic mass is 32.2. The molecule has 0 unspecified atom stereocenters. The van der Waals surface area contributed by atoms with Gasteiger partial charge in [-0.2, -0.15) is 0 Å². The molecule has 0 aliphatic heterocycles. The van der Waals surface area contributed by atoms with Gasteiger partial charge in [0.05, 0.1) is 10.5 Å². The summed E-state index contributed by atoms with van der Waals surface area (Å²) in [6, 6.07) is 5.06. The van der Waals surface area contributed by atoms with Crippen LogP contribution in [0.15, 0.2) is 33.6 Å². The summed E-state index contributed by atoms with van der Waals surface area (Å²) in [5, 5.41) is 12.2. The molecule has 20 heavy (non-hydrogen) atoms. The van der Waals surface area contributed by atoms with E-state index in [-0.39, 0.29) is 23.0 Å². The van der Waals surface area contributed by atoms with Crippen LogP contribution < -0.4 is 5.14 Å². The van der Waals surface area contributed by atoms with Crippen molar-refractivity contribution in [3.63, 3.8) is 0 Å². The Kier molecular flexibility index (Phi) is 3.81. The van der Waals surface area contributed by atoms with Crippen molar-refractivity contribution >= 4 is 16.0 Å². The van der Waals surface area contributed by atoms with Crippen molar-refractivity contribution in [2.24, 2.45) is 5.14 Å². The summed E-state index contributed by atoms with van der Waals surface area (Å²) in [5.74, 6) is -0.0904. The third-order valence-corrected chi connectivity index (χ3v) is 3.24. The van der Waals surface area contributed by atoms with Gasteiger partial charge < -0.3 is 9.15 Å². The molecule has 1 aromatic heterocycles. The van der Waals surface area contributed by atoms with Gasteiger partial charge in [0.1, 0.15) is 0 Å². The van der Waals surface area contributed by atoms with Gasteiger partial charge in [-0.15, -0.1) is 10.2 Å². The highest BCUT2D eigenvalue weighted by molar-refractivity contribution is 7.89. The van der Waals surface area contributed by atoms with Gasteiger partial charge in [-0.25, -0.2) is 18.4 Å². The molecule has 0 bridgehead atoms. The number of benzene rings is 1. The molecule has 0 aliphatic carbocycles. The Labute approximate surface area is 114 Å². The van der Waals surface area contributed by atoms with Crippen molar-refractivity contribution in [3.8, 4) is 0 Å². The van der Waals surface area contributed by atoms with E-state index in [1.54, 1.807) is 6.92 Å². The lowest BCUT2D eigenvalue weighted by Crippen LogP contribution is -2.12. The van der Waals surface area contributed by atoms with Gasteiger partial charge in [-0.1, -0.05) is 0 Å². The lowest BCUT2D eigenvalue weighted by molar-refractivity contribution is 0.0436. The van der Waals surface area contributed by atoms with Crippen LogP contribution in [0.2, 0.25) is 0 Å². The maximum atomic E-state index is 11.7. The Morgan fingerprint density at radius 1 is 1.30 bits per heavy atom. The second-order valence-electron chi connectivity index (χ2n) is 3.86. The van der Waals surface area contributed by atoms with E-state index in [1.165, 1.54) is 24.3 Å². The van der Waals surface area contributed by atoms with E-state index in [0.29, 0.717) is 5.89 Å². The van der Waals surface area contributed by atoms with Crippen LogP contribution in [0.1, 0.15) is 22.1 Å². The van der Waals surface area contributed by atoms with E-state index in [9.17, 15) is 13.2 Å². The molecule has 2 rings (SSSR count). The topological polar surface area (TPSA) is 125 Å². The number of hydrogen-bond acceptors (Lipinski definition) is 7. The number of aromatic nitrogens is 2. The van der Waals surface area contributed by atoms with Crippen LogP contribution in [0.4, 0.5) is 0 Å². The number of primary sulfonamides is 1. The van der Waals surface area contributed by atoms with Crippen molar-refractivity contribution in [1.82, 2.24) is 10.2 Å². The summed E-state index contributed by atoms with van der Waals surface area (Å²) in [7, 11) is -3.78. The Morgan fingerprint density at radius 3 is 2.45 bits per heavy atom. The van der Waals surface area contributed by atoms with E-state index in [0.717, 1.165) is 0 Å². The maximum absolute atomic E-state index is 11.7. The quantitative estimate of drug-likeness (QED) is 0.808. The third-order valence-electron chi connectivity index (χ3n) is 2.31. The van der Waals surface area contributed by atoms with Gasteiger partial charge in [0.15, 0.2) is 6.61 Å². The number of aryl methyl sites for hydroxylation is 1. The van der Waals surface area contributed by atoms with Crippen molar-refractivity contribution in [1.29, 1.82) is 0 Å². The Balaban J connectivity index is 2.02. The lowest BCUT2D eigenvalue weighted by atomic mass is 10.2. The predicted molar refractivity (Wildman–Crippen MR) is 66.0 cm³/mol. The Bertz CT molecular complexity index is 721. The number of esters is 1. The molecule has 0 amide bonds. The summed E-state index contributed by atoms with van der Waals surface area (Å²) < 4.78 is 32.1. The van der Waals surface area contributed by atoms with Crippen LogP contribution in [0.5, 0.6) is 0 Å². The van der Waals surface area contributed by atoms with E-state index in [1.807, 2.05) is 0 Å². The van der Waals surface area contributed by atoms with Crippen molar-refractivity contribution < 1.29 is 22.4 Å². The number of carbonyl (C=O) groups is 1. The number of nitrogens with zero attached hydrogens (tertiary/aromatic N) is 2. The average molecular weight is 297 g/mol. The first-order chi connectivity index (χ1) is 9.36. The van der Waals surface area contributed by atoms with Crippen LogP contribution in [-0.4, -0.2) is 24.6 Å². The zero-order chi connectivity index (χ0) is 14.8. The smallest absolute Gasteiger partial charge is 0.338 e. The molecule has 2 aromatic rings. The lowest BCUT2D eigenvalue weighted by Gasteiger charge is -2.03. The summed E-state index contributed by atoms with van der Waals surface area (Å²) in [6.07, 6.45) is 0. The predicted octanol–water partition coefficient (Wildman–Crippen LogP) is 0.382. The van der Waals surface area contributed by atoms with Gasteiger partial charge in [0, 0.05) is 6.92 Å². The van der Waals surface area contributed by atoms with Crippen molar-refractivity contribution in [2.75, 3.05) is 0 Å². The molecule has 8 nitrogen and oxygen atoms in total. The SMILES string of the molecule is Cc1nnc(COC(=O)c2ccc(S(N)(=O)=O)cc2)o1. The Hall–Kier alpha value is -2.26. The molecule has 0 fully saturated rings. The zero-order valence-corrected chi connectivity index (χ0v) is 11.3. The fourth-order valence-corrected chi connectivity index (χ4v) is 1.90. The summed E-state index contributed by atoms with van der Waals surface area (Å²) >= 11 is 0. The fourth-order valence-electron chi connectivity index (χ4n) is 1.39. The largest absolute Gasteiger partial charge is 0.452 e. The molecule has 0 spiro atoms. The third kappa shape index (κ3) is 3.39. The van der Waals surface area contributed by atoms with Gasteiger partial charge in [0.2, 0.25) is 15.9 Å². The molecule has 0 saturated carbocycles. The molecule has 1 heterocycles. The van der Waals surface area contributed by atoms with Crippen LogP contribution in [-0.2, 0) is 21.4 Å². The number of hydrogen-bond donors (Lipinski definition) is 1. The summed E-state index contributed by atoms with van der Waals surface area (Å²) in [5.41, 5.74) is 0.189. The molecule has 0 aliphatic rings. The number of nitrogens with two attached hydrogens (primary N) is 1. The van der Waals surface area contributed by atoms with Crippen LogP contribution in [0.3, 0.4) is 0 Å². The van der Waals surface area contributed by atoms with E-state index < -0.39 is 16.0 Å². The molecular weight excluding hydrogens is 286 g/mol. The number of ether oxygens (including phenoxy) is 1. The number of carbonyl (C=O) groups excluding carboxylic acids is 1. The van der Waals surface area contributed by atoms with E-state index in [2.05, 4.69) is 10.2 Å². The highest BCUT2D eigenvalue weighted by Crippen LogP contribution is 2.10. The Morgan fingerprint density at radius 2 is 1.95 bits per heavy atom. The minimum absolute atomic E-state index is 0.0819. The van der Waals surface area contributed by atoms with Gasteiger partial charge in [-0.05, 0) is 24.3 Å². The molecular formula is C11H11N3O5S. The van der Waals surface area contributed by atoms with Gasteiger partial charge in [-0.3, -0.25) is 0 Å². The fraction of sp³-hybridized carbons (Fsp3) is 0.182.